The first kappa shape index (κ1) is 9.65. The number of ketones is 1. The van der Waals surface area contributed by atoms with Crippen LogP contribution in [-0.4, -0.2) is 28.6 Å². The van der Waals surface area contributed by atoms with Crippen LogP contribution in [0.15, 0.2) is 0 Å². The van der Waals surface area contributed by atoms with Gasteiger partial charge in [0.2, 0.25) is 0 Å². The van der Waals surface area contributed by atoms with Crippen molar-refractivity contribution in [2.24, 2.45) is 0 Å². The van der Waals surface area contributed by atoms with Crippen LogP contribution in [-0.2, 0) is 14.3 Å². The van der Waals surface area contributed by atoms with Crippen LogP contribution in [0.25, 0.3) is 0 Å². The maximum absolute atomic E-state index is 11.0. The molecule has 0 bridgehead atoms. The van der Waals surface area contributed by atoms with E-state index in [0.717, 1.165) is 6.42 Å². The quantitative estimate of drug-likeness (QED) is 0.686. The van der Waals surface area contributed by atoms with Crippen LogP contribution in [0.1, 0.15) is 38.5 Å². The van der Waals surface area contributed by atoms with Gasteiger partial charge >= 0.3 is 5.97 Å². The summed E-state index contributed by atoms with van der Waals surface area (Å²) in [5.74, 6) is -0.600. The molecular weight excluding hydrogens is 184 g/mol. The molecule has 0 aromatic heterocycles. The van der Waals surface area contributed by atoms with Crippen molar-refractivity contribution in [1.29, 1.82) is 0 Å². The van der Waals surface area contributed by atoms with Gasteiger partial charge in [-0.25, -0.2) is 4.79 Å². The van der Waals surface area contributed by atoms with Crippen molar-refractivity contribution in [1.82, 2.24) is 0 Å². The second kappa shape index (κ2) is 3.35. The zero-order valence-corrected chi connectivity index (χ0v) is 7.99. The van der Waals surface area contributed by atoms with E-state index in [4.69, 9.17) is 9.84 Å². The van der Waals surface area contributed by atoms with Gasteiger partial charge in [0.15, 0.2) is 6.10 Å². The molecule has 1 atom stereocenters. The first-order chi connectivity index (χ1) is 6.61. The maximum Gasteiger partial charge on any atom is 0.332 e. The number of ether oxygens (including phenoxy) is 1. The largest absolute Gasteiger partial charge is 0.479 e. The Labute approximate surface area is 82.2 Å². The molecule has 1 aliphatic carbocycles. The smallest absolute Gasteiger partial charge is 0.332 e. The number of carboxylic acids is 1. The molecule has 4 heteroatoms. The van der Waals surface area contributed by atoms with Crippen molar-refractivity contribution in [3.05, 3.63) is 0 Å². The SMILES string of the molecule is O=C1CCC2(CC1)CCC(C(=O)O)O2. The molecule has 1 spiro atoms. The molecule has 78 valence electrons. The van der Waals surface area contributed by atoms with E-state index in [1.807, 2.05) is 0 Å². The standard InChI is InChI=1S/C10H14O4/c11-7-1-4-10(5-2-7)6-3-8(14-10)9(12)13/h8H,1-6H2,(H,12,13). The third-order valence-corrected chi connectivity index (χ3v) is 3.25. The van der Waals surface area contributed by atoms with Crippen LogP contribution in [0.4, 0.5) is 0 Å². The molecule has 1 unspecified atom stereocenters. The van der Waals surface area contributed by atoms with Crippen molar-refractivity contribution in [2.75, 3.05) is 0 Å². The summed E-state index contributed by atoms with van der Waals surface area (Å²) in [7, 11) is 0. The van der Waals surface area contributed by atoms with Crippen LogP contribution in [0.5, 0.6) is 0 Å². The highest BCUT2D eigenvalue weighted by atomic mass is 16.5. The fourth-order valence-electron chi connectivity index (χ4n) is 2.34. The summed E-state index contributed by atoms with van der Waals surface area (Å²) in [4.78, 5) is 21.7. The molecule has 1 N–H and O–H groups in total. The van der Waals surface area contributed by atoms with Crippen LogP contribution in [0.3, 0.4) is 0 Å². The normalized spacial score (nSPS) is 30.9. The summed E-state index contributed by atoms with van der Waals surface area (Å²) in [5.41, 5.74) is -0.295. The van der Waals surface area contributed by atoms with Crippen LogP contribution in [0.2, 0.25) is 0 Å². The minimum absolute atomic E-state index is 0.276. The number of Topliss-reactive ketones (excluding diaryl/α,β-unsaturated/α-hetero) is 1. The molecule has 0 radical (unpaired) electrons. The van der Waals surface area contributed by atoms with Gasteiger partial charge in [-0.15, -0.1) is 0 Å². The summed E-state index contributed by atoms with van der Waals surface area (Å²) in [5, 5.41) is 8.79. The van der Waals surface area contributed by atoms with E-state index in [2.05, 4.69) is 0 Å². The van der Waals surface area contributed by atoms with Gasteiger partial charge in [-0.2, -0.15) is 0 Å². The van der Waals surface area contributed by atoms with Crippen molar-refractivity contribution < 1.29 is 19.4 Å². The fourth-order valence-corrected chi connectivity index (χ4v) is 2.34. The van der Waals surface area contributed by atoms with E-state index in [1.165, 1.54) is 0 Å². The van der Waals surface area contributed by atoms with Gasteiger partial charge in [0.1, 0.15) is 5.78 Å². The molecule has 2 rings (SSSR count). The van der Waals surface area contributed by atoms with Gasteiger partial charge in [0, 0.05) is 12.8 Å². The highest BCUT2D eigenvalue weighted by molar-refractivity contribution is 5.79. The third-order valence-electron chi connectivity index (χ3n) is 3.25. The molecule has 0 aromatic carbocycles. The van der Waals surface area contributed by atoms with Crippen LogP contribution >= 0.6 is 0 Å². The fraction of sp³-hybridized carbons (Fsp3) is 0.800. The van der Waals surface area contributed by atoms with E-state index in [-0.39, 0.29) is 11.4 Å². The lowest BCUT2D eigenvalue weighted by molar-refractivity contribution is -0.157. The second-order valence-corrected chi connectivity index (χ2v) is 4.21. The third kappa shape index (κ3) is 1.66. The number of rotatable bonds is 1. The Bertz CT molecular complexity index is 261. The van der Waals surface area contributed by atoms with Crippen molar-refractivity contribution in [3.63, 3.8) is 0 Å². The lowest BCUT2D eigenvalue weighted by Gasteiger charge is -2.32. The predicted octanol–water partition coefficient (Wildman–Crippen LogP) is 1.13. The maximum atomic E-state index is 11.0. The molecule has 0 aromatic rings. The Balaban J connectivity index is 1.99. The van der Waals surface area contributed by atoms with Gasteiger partial charge in [0.25, 0.3) is 0 Å². The second-order valence-electron chi connectivity index (χ2n) is 4.21. The molecule has 2 fully saturated rings. The average Bonchev–Trinajstić information content (AvgIpc) is 2.56. The molecule has 14 heavy (non-hydrogen) atoms. The van der Waals surface area contributed by atoms with Gasteiger partial charge < -0.3 is 9.84 Å². The lowest BCUT2D eigenvalue weighted by Crippen LogP contribution is -2.35. The Morgan fingerprint density at radius 2 is 2.00 bits per heavy atom. The van der Waals surface area contributed by atoms with E-state index in [0.29, 0.717) is 32.1 Å². The van der Waals surface area contributed by atoms with Gasteiger partial charge in [0.05, 0.1) is 5.60 Å². The molecule has 1 saturated carbocycles. The highest BCUT2D eigenvalue weighted by Crippen LogP contribution is 2.40. The van der Waals surface area contributed by atoms with E-state index < -0.39 is 12.1 Å². The summed E-state index contributed by atoms with van der Waals surface area (Å²) < 4.78 is 5.55. The molecule has 1 aliphatic heterocycles. The topological polar surface area (TPSA) is 63.6 Å². The number of hydrogen-bond acceptors (Lipinski definition) is 3. The monoisotopic (exact) mass is 198 g/mol. The average molecular weight is 198 g/mol. The summed E-state index contributed by atoms with van der Waals surface area (Å²) >= 11 is 0. The Kier molecular flexibility index (Phi) is 2.31. The van der Waals surface area contributed by atoms with Gasteiger partial charge in [-0.3, -0.25) is 4.79 Å². The highest BCUT2D eigenvalue weighted by Gasteiger charge is 2.44. The minimum atomic E-state index is -0.876. The number of aliphatic carboxylic acids is 1. The number of hydrogen-bond donors (Lipinski definition) is 1. The van der Waals surface area contributed by atoms with Crippen molar-refractivity contribution in [2.45, 2.75) is 50.2 Å². The minimum Gasteiger partial charge on any atom is -0.479 e. The van der Waals surface area contributed by atoms with Crippen molar-refractivity contribution >= 4 is 11.8 Å². The van der Waals surface area contributed by atoms with Crippen LogP contribution < -0.4 is 0 Å². The first-order valence-corrected chi connectivity index (χ1v) is 5.04. The van der Waals surface area contributed by atoms with Gasteiger partial charge in [-0.1, -0.05) is 0 Å². The molecule has 1 heterocycles. The van der Waals surface area contributed by atoms with E-state index in [1.54, 1.807) is 0 Å². The Hall–Kier alpha value is -0.900. The summed E-state index contributed by atoms with van der Waals surface area (Å²) in [6.07, 6.45) is 3.23. The predicted molar refractivity (Wildman–Crippen MR) is 47.9 cm³/mol. The Morgan fingerprint density at radius 1 is 1.36 bits per heavy atom. The van der Waals surface area contributed by atoms with Gasteiger partial charge in [-0.05, 0) is 25.7 Å². The molecule has 1 saturated heterocycles. The summed E-state index contributed by atoms with van der Waals surface area (Å²) in [6, 6.07) is 0. The first-order valence-electron chi connectivity index (χ1n) is 5.04. The van der Waals surface area contributed by atoms with Crippen molar-refractivity contribution in [3.8, 4) is 0 Å². The lowest BCUT2D eigenvalue weighted by atomic mass is 9.82. The van der Waals surface area contributed by atoms with E-state index in [9.17, 15) is 9.59 Å². The molecule has 4 nitrogen and oxygen atoms in total. The molecular formula is C10H14O4. The number of carbonyl (C=O) groups excluding carboxylic acids is 1. The van der Waals surface area contributed by atoms with E-state index >= 15 is 0 Å². The molecule has 0 amide bonds. The number of carboxylic acid groups (broad SMARTS) is 1. The van der Waals surface area contributed by atoms with Crippen LogP contribution in [0, 0.1) is 0 Å². The summed E-state index contributed by atoms with van der Waals surface area (Å²) in [6.45, 7) is 0. The zero-order valence-electron chi connectivity index (χ0n) is 7.99. The Morgan fingerprint density at radius 3 is 2.50 bits per heavy atom. The molecule has 2 aliphatic rings. The zero-order chi connectivity index (χ0) is 10.2. The number of carbonyl (C=O) groups is 2.